The van der Waals surface area contributed by atoms with Crippen LogP contribution in [0.5, 0.6) is 0 Å². The van der Waals surface area contributed by atoms with Gasteiger partial charge in [0.15, 0.2) is 49.2 Å². The summed E-state index contributed by atoms with van der Waals surface area (Å²) in [5.41, 5.74) is 0.218. The number of halogens is 1. The minimum Gasteiger partial charge on any atom is -0.490 e. The minimum atomic E-state index is -1.32. The van der Waals surface area contributed by atoms with E-state index in [4.69, 9.17) is 17.3 Å². The maximum absolute atomic E-state index is 13.6. The van der Waals surface area contributed by atoms with E-state index in [1.165, 1.54) is 42.3 Å². The van der Waals surface area contributed by atoms with E-state index < -0.39 is 78.1 Å². The number of piperidine rings is 2. The normalized spacial score (nSPS) is 21.6. The molecule has 3 aliphatic heterocycles. The molecule has 0 radical (unpaired) electrons. The van der Waals surface area contributed by atoms with Crippen molar-refractivity contribution in [1.82, 2.24) is 25.8 Å². The number of nitrogens with zero attached hydrogens (tertiary/aromatic N) is 5. The van der Waals surface area contributed by atoms with Gasteiger partial charge >= 0.3 is 36.2 Å². The molecule has 1 unspecified atom stereocenters. The number of hydrogen-bond acceptors (Lipinski definition) is 15. The second-order valence-electron chi connectivity index (χ2n) is 17.8. The van der Waals surface area contributed by atoms with E-state index >= 15 is 0 Å². The highest BCUT2D eigenvalue weighted by molar-refractivity contribution is 14.1. The molecule has 376 valence electrons. The highest BCUT2D eigenvalue weighted by atomic mass is 127. The van der Waals surface area contributed by atoms with Gasteiger partial charge in [-0.25, -0.2) is 23.3 Å². The van der Waals surface area contributed by atoms with E-state index in [9.17, 15) is 48.6 Å². The van der Waals surface area contributed by atoms with Gasteiger partial charge in [0.25, 0.3) is 5.91 Å². The van der Waals surface area contributed by atoms with Crippen molar-refractivity contribution in [2.75, 3.05) is 106 Å². The summed E-state index contributed by atoms with van der Waals surface area (Å²) in [7, 11) is 3.11. The number of aliphatic imine (C=N–C) groups is 1. The Kier molecular flexibility index (Phi) is 23.6. The molecule has 0 bridgehead atoms. The van der Waals surface area contributed by atoms with Gasteiger partial charge < -0.3 is 48.3 Å². The van der Waals surface area contributed by atoms with Crippen LogP contribution in [-0.2, 0) is 55.6 Å². The number of cyclic esters (lactones) is 1. The van der Waals surface area contributed by atoms with Crippen molar-refractivity contribution in [3.05, 3.63) is 24.0 Å². The van der Waals surface area contributed by atoms with Crippen LogP contribution in [0.3, 0.4) is 0 Å². The second-order valence-corrected chi connectivity index (χ2v) is 18.3. The monoisotopic (exact) mass is 1060 g/mol. The van der Waals surface area contributed by atoms with Gasteiger partial charge in [-0.05, 0) is 90.6 Å². The number of carbonyl (C=O) groups excluding carboxylic acids is 6. The predicted molar refractivity (Wildman–Crippen MR) is 251 cm³/mol. The topological polar surface area (TPSA) is 269 Å². The number of quaternary nitrogens is 2. The number of carboxylic acids is 2. The van der Waals surface area contributed by atoms with Gasteiger partial charge in [-0.1, -0.05) is 6.58 Å². The van der Waals surface area contributed by atoms with Gasteiger partial charge in [0.2, 0.25) is 11.8 Å². The Labute approximate surface area is 406 Å². The first kappa shape index (κ1) is 56.6. The zero-order chi connectivity index (χ0) is 49.7. The molecule has 0 aromatic carbocycles. The Morgan fingerprint density at radius 2 is 1.82 bits per heavy atom. The molecular formula is C44H71IN8O14+2. The van der Waals surface area contributed by atoms with E-state index in [1.54, 1.807) is 37.6 Å². The number of esters is 2. The first-order valence-corrected chi connectivity index (χ1v) is 23.7. The number of rotatable bonds is 28. The third kappa shape index (κ3) is 18.7. The molecule has 22 nitrogen and oxygen atoms in total. The van der Waals surface area contributed by atoms with Crippen LogP contribution in [0, 0.1) is 11.8 Å². The fourth-order valence-electron chi connectivity index (χ4n) is 8.79. The van der Waals surface area contributed by atoms with Gasteiger partial charge in [-0.2, -0.15) is 0 Å². The largest absolute Gasteiger partial charge is 0.490 e. The van der Waals surface area contributed by atoms with Crippen LogP contribution in [0.15, 0.2) is 29.0 Å². The molecule has 5 N–H and O–H groups in total. The summed E-state index contributed by atoms with van der Waals surface area (Å²) in [6.45, 7) is 9.81. The number of nitrogens with one attached hydrogen (secondary N) is 3. The highest BCUT2D eigenvalue weighted by Crippen LogP contribution is 2.32. The van der Waals surface area contributed by atoms with Gasteiger partial charge in [0, 0.05) is 33.1 Å². The number of likely N-dealkylation sites (tertiary alicyclic amines) is 1. The van der Waals surface area contributed by atoms with Crippen LogP contribution in [0.1, 0.15) is 65.7 Å². The van der Waals surface area contributed by atoms with Crippen molar-refractivity contribution in [3.63, 3.8) is 0 Å². The molecule has 0 aromatic rings. The number of amides is 3. The number of ether oxygens (including phenoxy) is 3. The molecule has 3 saturated heterocycles. The van der Waals surface area contributed by atoms with Crippen LogP contribution in [0.25, 0.3) is 0 Å². The Hall–Kier alpha value is -4.72. The molecule has 3 fully saturated rings. The fraction of sp³-hybridized carbons (Fsp3) is 0.705. The Morgan fingerprint density at radius 3 is 2.45 bits per heavy atom. The Balaban J connectivity index is 1.68. The highest BCUT2D eigenvalue weighted by Gasteiger charge is 2.61. The molecule has 3 aliphatic rings. The summed E-state index contributed by atoms with van der Waals surface area (Å²) in [6.07, 6.45) is 5.16. The van der Waals surface area contributed by atoms with E-state index in [-0.39, 0.29) is 92.7 Å². The quantitative estimate of drug-likeness (QED) is 0.0137. The zero-order valence-electron chi connectivity index (χ0n) is 39.5. The lowest BCUT2D eigenvalue weighted by Crippen LogP contribution is -2.72. The SMILES string of the molecule is C=C(/C=C(\C=NC)OCCNC(=O)C[N@@+]1(CC)CC(=O)O[C@H]1[N+](CCN(C)CC(=O)OC(C)C)(CC(=O)O)CC(=O)OI)[C@H](CC(=O)O)NC(=O)[C@@H]1CCCN(C(=O)CCC2CCNCC2)C1. The first-order chi connectivity index (χ1) is 31.7. The number of allylic oxidation sites excluding steroid dienone is 1. The van der Waals surface area contributed by atoms with E-state index in [0.717, 1.165) is 32.4 Å². The van der Waals surface area contributed by atoms with Crippen LogP contribution in [0.2, 0.25) is 0 Å². The van der Waals surface area contributed by atoms with Crippen LogP contribution in [-0.4, -0.2) is 207 Å². The Morgan fingerprint density at radius 1 is 1.10 bits per heavy atom. The van der Waals surface area contributed by atoms with Gasteiger partial charge in [0.05, 0.1) is 50.3 Å². The smallest absolute Gasteiger partial charge is 0.377 e. The number of aliphatic carboxylic acids is 2. The average Bonchev–Trinajstić information content (AvgIpc) is 3.61. The molecule has 3 amide bonds. The van der Waals surface area contributed by atoms with Crippen molar-refractivity contribution >= 4 is 76.8 Å². The molecular weight excluding hydrogens is 991 g/mol. The van der Waals surface area contributed by atoms with Crippen LogP contribution >= 0.6 is 23.0 Å². The average molecular weight is 1060 g/mol. The lowest BCUT2D eigenvalue weighted by atomic mass is 9.92. The van der Waals surface area contributed by atoms with Crippen LogP contribution < -0.4 is 16.0 Å². The lowest BCUT2D eigenvalue weighted by molar-refractivity contribution is -1.14. The van der Waals surface area contributed by atoms with Gasteiger partial charge in [-0.15, -0.1) is 0 Å². The summed E-state index contributed by atoms with van der Waals surface area (Å²) < 4.78 is 20.9. The zero-order valence-corrected chi connectivity index (χ0v) is 41.7. The van der Waals surface area contributed by atoms with E-state index in [0.29, 0.717) is 31.7 Å². The molecule has 3 heterocycles. The third-order valence-corrected chi connectivity index (χ3v) is 12.7. The maximum atomic E-state index is 13.6. The van der Waals surface area contributed by atoms with Crippen molar-refractivity contribution in [3.8, 4) is 0 Å². The van der Waals surface area contributed by atoms with Crippen LogP contribution in [0.4, 0.5) is 0 Å². The summed E-state index contributed by atoms with van der Waals surface area (Å²) in [5.74, 6) is -5.25. The van der Waals surface area contributed by atoms with Crippen molar-refractivity contribution < 1.29 is 74.8 Å². The summed E-state index contributed by atoms with van der Waals surface area (Å²) >= 11 is 1.39. The summed E-state index contributed by atoms with van der Waals surface area (Å²) in [4.78, 5) is 110. The molecule has 3 rings (SSSR count). The number of carboxylic acid groups (broad SMARTS) is 2. The number of hydrogen-bond donors (Lipinski definition) is 5. The number of likely N-dealkylation sites (N-methyl/N-ethyl adjacent to an activating group) is 2. The molecule has 0 saturated carbocycles. The molecule has 0 aromatic heterocycles. The molecule has 67 heavy (non-hydrogen) atoms. The molecule has 0 spiro atoms. The standard InChI is InChI=1S/C44H69IN8O14/c1-7-52(28-41(61)66-44(52)53(27-39(58)59,29-42(62)67-45)19-18-50(6)25-40(60)65-30(2)3)26-36(54)48-16-20-64-34(23-46-5)21-31(4)35(22-38(56)57)49-43(63)33-9-8-17-51(24-33)37(55)11-10-32-12-14-47-15-13-32/h21,23,30,32-33,35,44,47H,4,7-20,22,24-29H2,1-3,5-6H3,(H2-2,48,49,54,56,57,58,59,63)/p+2/b34-21+,46-23?/t33-,35+,44-,52+,53?/m1/s1. The second kappa shape index (κ2) is 27.9. The van der Waals surface area contributed by atoms with E-state index in [2.05, 4.69) is 27.5 Å². The minimum absolute atomic E-state index is 0.0179. The number of carbonyl (C=O) groups is 8. The lowest BCUT2D eigenvalue weighted by Gasteiger charge is -2.45. The molecule has 5 atom stereocenters. The van der Waals surface area contributed by atoms with Crippen molar-refractivity contribution in [2.24, 2.45) is 16.8 Å². The van der Waals surface area contributed by atoms with Crippen molar-refractivity contribution in [2.45, 2.75) is 84.2 Å². The molecule has 0 aliphatic carbocycles. The van der Waals surface area contributed by atoms with E-state index in [1.807, 2.05) is 0 Å². The fourth-order valence-corrected chi connectivity index (χ4v) is 8.93. The first-order valence-electron chi connectivity index (χ1n) is 22.8. The Bertz CT molecular complexity index is 1830. The maximum Gasteiger partial charge on any atom is 0.377 e. The summed E-state index contributed by atoms with van der Waals surface area (Å²) in [5, 5.41) is 28.8. The third-order valence-electron chi connectivity index (χ3n) is 12.2. The predicted octanol–water partition coefficient (Wildman–Crippen LogP) is 0.593. The van der Waals surface area contributed by atoms with Crippen molar-refractivity contribution in [1.29, 1.82) is 0 Å². The molecule has 23 heteroatoms. The van der Waals surface area contributed by atoms with Gasteiger partial charge in [0.1, 0.15) is 18.9 Å². The van der Waals surface area contributed by atoms with Gasteiger partial charge in [-0.3, -0.25) is 33.9 Å². The summed E-state index contributed by atoms with van der Waals surface area (Å²) in [6, 6.07) is -1.01.